The number of halogens is 5. The third kappa shape index (κ3) is 5.77. The van der Waals surface area contributed by atoms with E-state index >= 15 is 0 Å². The Balaban J connectivity index is 0.000000345. The fraction of sp³-hybridized carbons (Fsp3) is 0.316. The summed E-state index contributed by atoms with van der Waals surface area (Å²) in [7, 11) is 0. The maximum atomic E-state index is 10.6. The lowest BCUT2D eigenvalue weighted by Gasteiger charge is -2.31. The second-order valence-corrected chi connectivity index (χ2v) is 7.26. The molecule has 152 valence electrons. The molecule has 3 rings (SSSR count). The fourth-order valence-corrected chi connectivity index (χ4v) is 3.41. The zero-order valence-electron chi connectivity index (χ0n) is 14.5. The lowest BCUT2D eigenvalue weighted by Crippen LogP contribution is -2.34. The van der Waals surface area contributed by atoms with Gasteiger partial charge >= 0.3 is 12.1 Å². The maximum absolute atomic E-state index is 10.6. The summed E-state index contributed by atoms with van der Waals surface area (Å²) >= 11 is 12.1. The molecule has 2 unspecified atom stereocenters. The van der Waals surface area contributed by atoms with Gasteiger partial charge < -0.3 is 15.9 Å². The third-order valence-electron chi connectivity index (χ3n) is 4.47. The molecule has 4 N–H and O–H groups in total. The van der Waals surface area contributed by atoms with Crippen LogP contribution in [-0.4, -0.2) is 28.4 Å². The molecule has 0 aliphatic heterocycles. The van der Waals surface area contributed by atoms with Crippen LogP contribution in [0.1, 0.15) is 29.0 Å². The molecule has 2 atom stereocenters. The molecule has 9 heteroatoms. The van der Waals surface area contributed by atoms with Crippen molar-refractivity contribution in [3.05, 3.63) is 63.1 Å². The highest BCUT2D eigenvalue weighted by Gasteiger charge is 2.38. The number of phenols is 1. The van der Waals surface area contributed by atoms with E-state index in [1.165, 1.54) is 5.56 Å². The highest BCUT2D eigenvalue weighted by Crippen LogP contribution is 2.36. The number of benzene rings is 2. The summed E-state index contributed by atoms with van der Waals surface area (Å²) in [6.45, 7) is 0. The number of hydrogen-bond donors (Lipinski definition) is 3. The van der Waals surface area contributed by atoms with Crippen molar-refractivity contribution in [2.75, 3.05) is 0 Å². The zero-order chi connectivity index (χ0) is 21.1. The largest absolute Gasteiger partial charge is 0.508 e. The van der Waals surface area contributed by atoms with Crippen molar-refractivity contribution < 1.29 is 28.2 Å². The second-order valence-electron chi connectivity index (χ2n) is 6.45. The van der Waals surface area contributed by atoms with Gasteiger partial charge in [-0.2, -0.15) is 13.2 Å². The number of aliphatic carboxylic acids is 1. The van der Waals surface area contributed by atoms with Crippen molar-refractivity contribution in [3.8, 4) is 5.75 Å². The summed E-state index contributed by atoms with van der Waals surface area (Å²) in [5, 5.41) is 18.0. The minimum absolute atomic E-state index is 0.0914. The molecule has 0 fully saturated rings. The Morgan fingerprint density at radius 1 is 1.14 bits per heavy atom. The minimum atomic E-state index is -5.08. The summed E-state index contributed by atoms with van der Waals surface area (Å²) in [5.41, 5.74) is 9.86. The van der Waals surface area contributed by atoms with Crippen LogP contribution in [0.5, 0.6) is 5.75 Å². The topological polar surface area (TPSA) is 83.5 Å². The van der Waals surface area contributed by atoms with E-state index in [2.05, 4.69) is 0 Å². The number of rotatable bonds is 2. The van der Waals surface area contributed by atoms with Crippen LogP contribution in [-0.2, 0) is 17.6 Å². The van der Waals surface area contributed by atoms with Gasteiger partial charge in [-0.3, -0.25) is 0 Å². The molecule has 1 aliphatic carbocycles. The van der Waals surface area contributed by atoms with Crippen molar-refractivity contribution in [3.63, 3.8) is 0 Å². The molecule has 4 nitrogen and oxygen atoms in total. The molecular weight excluding hydrogens is 418 g/mol. The van der Waals surface area contributed by atoms with Gasteiger partial charge in [-0.25, -0.2) is 4.79 Å². The number of alkyl halides is 3. The van der Waals surface area contributed by atoms with Crippen LogP contribution in [0.15, 0.2) is 36.4 Å². The molecule has 0 heterocycles. The number of phenolic OH excluding ortho intramolecular Hbond substituents is 1. The third-order valence-corrected chi connectivity index (χ3v) is 5.21. The van der Waals surface area contributed by atoms with Crippen LogP contribution in [0, 0.1) is 0 Å². The molecule has 2 aromatic rings. The van der Waals surface area contributed by atoms with Gasteiger partial charge in [0.25, 0.3) is 0 Å². The van der Waals surface area contributed by atoms with E-state index in [1.807, 2.05) is 30.3 Å². The van der Waals surface area contributed by atoms with Crippen LogP contribution in [0.25, 0.3) is 0 Å². The summed E-state index contributed by atoms with van der Waals surface area (Å²) in [6, 6.07) is 11.4. The lowest BCUT2D eigenvalue weighted by atomic mass is 9.76. The molecule has 28 heavy (non-hydrogen) atoms. The van der Waals surface area contributed by atoms with E-state index in [9.17, 15) is 18.3 Å². The standard InChI is InChI=1S/C17H17Cl2NO.C2HF3O2/c18-15-5-1-10(8-16(15)19)7-14-13-9-12(21)4-2-11(13)3-6-17(14)20;3-2(4,5)1(6)7/h1-2,4-5,8-9,14,17,21H,3,6-7,20H2;(H,6,7). The van der Waals surface area contributed by atoms with Gasteiger partial charge in [0.1, 0.15) is 5.75 Å². The number of hydrogen-bond acceptors (Lipinski definition) is 3. The number of fused-ring (bicyclic) bond motifs is 1. The van der Waals surface area contributed by atoms with Crippen molar-refractivity contribution in [2.24, 2.45) is 5.73 Å². The first-order chi connectivity index (χ1) is 13.0. The van der Waals surface area contributed by atoms with Gasteiger partial charge in [0, 0.05) is 12.0 Å². The number of aromatic hydroxyl groups is 1. The van der Waals surface area contributed by atoms with Gasteiger partial charge in [-0.05, 0) is 60.2 Å². The first-order valence-electron chi connectivity index (χ1n) is 8.30. The van der Waals surface area contributed by atoms with Gasteiger partial charge in [-0.15, -0.1) is 0 Å². The second kappa shape index (κ2) is 9.03. The Hall–Kier alpha value is -1.96. The average molecular weight is 436 g/mol. The van der Waals surface area contributed by atoms with Gasteiger partial charge in [-0.1, -0.05) is 35.3 Å². The van der Waals surface area contributed by atoms with E-state index in [0.717, 1.165) is 30.4 Å². The quantitative estimate of drug-likeness (QED) is 0.624. The molecule has 0 amide bonds. The summed E-state index contributed by atoms with van der Waals surface area (Å²) in [4.78, 5) is 8.90. The number of carbonyl (C=O) groups is 1. The van der Waals surface area contributed by atoms with Crippen molar-refractivity contribution in [2.45, 2.75) is 37.4 Å². The Labute approximate surface area is 169 Å². The van der Waals surface area contributed by atoms with Crippen molar-refractivity contribution in [1.29, 1.82) is 0 Å². The van der Waals surface area contributed by atoms with Crippen LogP contribution < -0.4 is 5.73 Å². The number of carboxylic acid groups (broad SMARTS) is 1. The molecule has 0 radical (unpaired) electrons. The molecule has 0 bridgehead atoms. The Morgan fingerprint density at radius 3 is 2.36 bits per heavy atom. The lowest BCUT2D eigenvalue weighted by molar-refractivity contribution is -0.192. The number of aryl methyl sites for hydroxylation is 1. The van der Waals surface area contributed by atoms with E-state index in [4.69, 9.17) is 38.8 Å². The van der Waals surface area contributed by atoms with E-state index in [1.54, 1.807) is 6.07 Å². The Morgan fingerprint density at radius 2 is 1.79 bits per heavy atom. The average Bonchev–Trinajstić information content (AvgIpc) is 2.60. The van der Waals surface area contributed by atoms with E-state index < -0.39 is 12.1 Å². The molecule has 0 spiro atoms. The fourth-order valence-electron chi connectivity index (χ4n) is 3.09. The Kier molecular flexibility index (Phi) is 7.20. The summed E-state index contributed by atoms with van der Waals surface area (Å²) in [5.74, 6) is -2.27. The minimum Gasteiger partial charge on any atom is -0.508 e. The smallest absolute Gasteiger partial charge is 0.490 e. The van der Waals surface area contributed by atoms with Crippen LogP contribution in [0.4, 0.5) is 13.2 Å². The zero-order valence-corrected chi connectivity index (χ0v) is 16.0. The molecule has 0 saturated heterocycles. The molecule has 1 aliphatic rings. The first kappa shape index (κ1) is 22.3. The predicted octanol–water partition coefficient (Wildman–Crippen LogP) is 4.93. The van der Waals surface area contributed by atoms with Gasteiger partial charge in [0.2, 0.25) is 0 Å². The monoisotopic (exact) mass is 435 g/mol. The summed E-state index contributed by atoms with van der Waals surface area (Å²) in [6.07, 6.45) is -2.35. The molecule has 0 saturated carbocycles. The molecule has 0 aromatic heterocycles. The van der Waals surface area contributed by atoms with Gasteiger partial charge in [0.05, 0.1) is 10.0 Å². The van der Waals surface area contributed by atoms with Crippen molar-refractivity contribution in [1.82, 2.24) is 0 Å². The highest BCUT2D eigenvalue weighted by atomic mass is 35.5. The number of nitrogens with two attached hydrogens (primary N) is 1. The predicted molar refractivity (Wildman–Crippen MR) is 101 cm³/mol. The van der Waals surface area contributed by atoms with Crippen molar-refractivity contribution >= 4 is 29.2 Å². The van der Waals surface area contributed by atoms with E-state index in [0.29, 0.717) is 15.8 Å². The highest BCUT2D eigenvalue weighted by molar-refractivity contribution is 6.42. The van der Waals surface area contributed by atoms with Gasteiger partial charge in [0.15, 0.2) is 0 Å². The van der Waals surface area contributed by atoms with Crippen LogP contribution in [0.3, 0.4) is 0 Å². The number of carboxylic acids is 1. The van der Waals surface area contributed by atoms with Crippen LogP contribution in [0.2, 0.25) is 10.0 Å². The normalized spacial score (nSPS) is 18.6. The summed E-state index contributed by atoms with van der Waals surface area (Å²) < 4.78 is 31.7. The first-order valence-corrected chi connectivity index (χ1v) is 9.06. The molecular formula is C19H18Cl2F3NO3. The SMILES string of the molecule is NC1CCc2ccc(O)cc2C1Cc1ccc(Cl)c(Cl)c1.O=C(O)C(F)(F)F. The Bertz CT molecular complexity index is 859. The maximum Gasteiger partial charge on any atom is 0.490 e. The molecule has 2 aromatic carbocycles. The van der Waals surface area contributed by atoms with E-state index in [-0.39, 0.29) is 12.0 Å². The van der Waals surface area contributed by atoms with Crippen LogP contribution >= 0.6 is 23.2 Å².